The van der Waals surface area contributed by atoms with Crippen LogP contribution in [0.4, 0.5) is 0 Å². The van der Waals surface area contributed by atoms with Gasteiger partial charge in [0.1, 0.15) is 0 Å². The molecule has 3 nitrogen and oxygen atoms in total. The minimum atomic E-state index is 0.465. The topological polar surface area (TPSA) is 42.1 Å². The van der Waals surface area contributed by atoms with Crippen molar-refractivity contribution in [3.05, 3.63) is 16.1 Å². The smallest absolute Gasteiger partial charge is 0.0897 e. The molecule has 0 aliphatic heterocycles. The number of nitrogens with two attached hydrogens (primary N) is 1. The van der Waals surface area contributed by atoms with Crippen LogP contribution in [-0.4, -0.2) is 29.5 Å². The standard InChI is InChI=1S/C13H25N3S/c1-5-11(6-2)13(7-14)16(4)8-12-9-17-10(3)15-12/h9,11,13H,5-8,14H2,1-4H3. The van der Waals surface area contributed by atoms with E-state index in [1.54, 1.807) is 11.3 Å². The highest BCUT2D eigenvalue weighted by atomic mass is 32.1. The second-order valence-electron chi connectivity index (χ2n) is 4.65. The van der Waals surface area contributed by atoms with Crippen molar-refractivity contribution in [2.45, 2.75) is 46.2 Å². The van der Waals surface area contributed by atoms with Gasteiger partial charge >= 0.3 is 0 Å². The zero-order valence-electron chi connectivity index (χ0n) is 11.4. The van der Waals surface area contributed by atoms with Crippen LogP contribution in [0.2, 0.25) is 0 Å². The number of aromatic nitrogens is 1. The summed E-state index contributed by atoms with van der Waals surface area (Å²) >= 11 is 1.72. The van der Waals surface area contributed by atoms with Gasteiger partial charge in [-0.2, -0.15) is 0 Å². The number of likely N-dealkylation sites (N-methyl/N-ethyl adjacent to an activating group) is 1. The van der Waals surface area contributed by atoms with Crippen LogP contribution in [0.5, 0.6) is 0 Å². The van der Waals surface area contributed by atoms with E-state index in [2.05, 4.69) is 43.1 Å². The summed E-state index contributed by atoms with van der Waals surface area (Å²) in [7, 11) is 2.16. The molecule has 1 aromatic rings. The average Bonchev–Trinajstić information content (AvgIpc) is 2.71. The Morgan fingerprint density at radius 3 is 2.47 bits per heavy atom. The molecule has 98 valence electrons. The SMILES string of the molecule is CCC(CC)C(CN)N(C)Cc1csc(C)n1. The first-order valence-corrected chi connectivity index (χ1v) is 7.31. The Morgan fingerprint density at radius 1 is 1.41 bits per heavy atom. The highest BCUT2D eigenvalue weighted by Crippen LogP contribution is 2.19. The highest BCUT2D eigenvalue weighted by molar-refractivity contribution is 7.09. The summed E-state index contributed by atoms with van der Waals surface area (Å²) in [5, 5.41) is 3.28. The molecule has 0 saturated heterocycles. The first kappa shape index (κ1) is 14.6. The van der Waals surface area contributed by atoms with Crippen molar-refractivity contribution in [2.24, 2.45) is 11.7 Å². The van der Waals surface area contributed by atoms with Crippen LogP contribution < -0.4 is 5.73 Å². The van der Waals surface area contributed by atoms with Gasteiger partial charge in [0.2, 0.25) is 0 Å². The van der Waals surface area contributed by atoms with Gasteiger partial charge < -0.3 is 5.73 Å². The molecule has 0 aromatic carbocycles. The Kier molecular flexibility index (Phi) is 6.09. The van der Waals surface area contributed by atoms with Gasteiger partial charge in [-0.25, -0.2) is 4.98 Å². The molecule has 0 spiro atoms. The summed E-state index contributed by atoms with van der Waals surface area (Å²) in [5.41, 5.74) is 7.09. The summed E-state index contributed by atoms with van der Waals surface area (Å²) in [4.78, 5) is 6.87. The van der Waals surface area contributed by atoms with Crippen molar-refractivity contribution in [1.82, 2.24) is 9.88 Å². The second kappa shape index (κ2) is 7.09. The van der Waals surface area contributed by atoms with Gasteiger partial charge in [0.05, 0.1) is 10.7 Å². The molecule has 2 N–H and O–H groups in total. The van der Waals surface area contributed by atoms with E-state index in [-0.39, 0.29) is 0 Å². The monoisotopic (exact) mass is 255 g/mol. The highest BCUT2D eigenvalue weighted by Gasteiger charge is 2.21. The van der Waals surface area contributed by atoms with E-state index in [0.717, 1.165) is 18.1 Å². The average molecular weight is 255 g/mol. The van der Waals surface area contributed by atoms with Gasteiger partial charge in [-0.15, -0.1) is 11.3 Å². The van der Waals surface area contributed by atoms with Gasteiger partial charge in [0.25, 0.3) is 0 Å². The largest absolute Gasteiger partial charge is 0.329 e. The maximum Gasteiger partial charge on any atom is 0.0897 e. The van der Waals surface area contributed by atoms with Gasteiger partial charge in [0, 0.05) is 24.5 Å². The lowest BCUT2D eigenvalue weighted by Gasteiger charge is -2.32. The van der Waals surface area contributed by atoms with Crippen molar-refractivity contribution in [3.63, 3.8) is 0 Å². The molecule has 1 rings (SSSR count). The molecule has 0 saturated carbocycles. The third kappa shape index (κ3) is 4.05. The fourth-order valence-corrected chi connectivity index (χ4v) is 3.02. The van der Waals surface area contributed by atoms with Crippen LogP contribution in [0.1, 0.15) is 37.4 Å². The fraction of sp³-hybridized carbons (Fsp3) is 0.769. The zero-order chi connectivity index (χ0) is 12.8. The predicted octanol–water partition coefficient (Wildman–Crippen LogP) is 2.65. The molecule has 0 bridgehead atoms. The predicted molar refractivity (Wildman–Crippen MR) is 75.2 cm³/mol. The molecule has 1 atom stereocenters. The van der Waals surface area contributed by atoms with Crippen molar-refractivity contribution < 1.29 is 0 Å². The van der Waals surface area contributed by atoms with E-state index in [0.29, 0.717) is 12.0 Å². The fourth-order valence-electron chi connectivity index (χ4n) is 2.42. The summed E-state index contributed by atoms with van der Waals surface area (Å²) in [6, 6.07) is 0.465. The summed E-state index contributed by atoms with van der Waals surface area (Å²) in [5.74, 6) is 0.685. The van der Waals surface area contributed by atoms with E-state index in [4.69, 9.17) is 5.73 Å². The number of aryl methyl sites for hydroxylation is 1. The molecule has 1 unspecified atom stereocenters. The van der Waals surface area contributed by atoms with Crippen LogP contribution in [-0.2, 0) is 6.54 Å². The second-order valence-corrected chi connectivity index (χ2v) is 5.71. The summed E-state index contributed by atoms with van der Waals surface area (Å²) in [6.07, 6.45) is 2.39. The molecule has 17 heavy (non-hydrogen) atoms. The third-order valence-corrected chi connectivity index (χ3v) is 4.30. The lowest BCUT2D eigenvalue weighted by Crippen LogP contribution is -2.42. The van der Waals surface area contributed by atoms with Crippen molar-refractivity contribution >= 4 is 11.3 Å². The maximum atomic E-state index is 5.93. The summed E-state index contributed by atoms with van der Waals surface area (Å²) in [6.45, 7) is 8.18. The first-order valence-electron chi connectivity index (χ1n) is 6.43. The lowest BCUT2D eigenvalue weighted by molar-refractivity contribution is 0.164. The minimum Gasteiger partial charge on any atom is -0.329 e. The first-order chi connectivity index (χ1) is 8.12. The number of hydrogen-bond acceptors (Lipinski definition) is 4. The molecule has 4 heteroatoms. The van der Waals surface area contributed by atoms with Crippen LogP contribution in [0.15, 0.2) is 5.38 Å². The van der Waals surface area contributed by atoms with E-state index < -0.39 is 0 Å². The Hall–Kier alpha value is -0.450. The van der Waals surface area contributed by atoms with Crippen LogP contribution in [0.25, 0.3) is 0 Å². The molecule has 0 aliphatic rings. The zero-order valence-corrected chi connectivity index (χ0v) is 12.3. The van der Waals surface area contributed by atoms with Crippen LogP contribution in [0.3, 0.4) is 0 Å². The van der Waals surface area contributed by atoms with Gasteiger partial charge in [0.15, 0.2) is 0 Å². The lowest BCUT2D eigenvalue weighted by atomic mass is 9.93. The van der Waals surface area contributed by atoms with Gasteiger partial charge in [-0.05, 0) is 19.9 Å². The van der Waals surface area contributed by atoms with E-state index in [1.165, 1.54) is 18.5 Å². The van der Waals surface area contributed by atoms with E-state index in [1.807, 2.05) is 0 Å². The number of nitrogens with zero attached hydrogens (tertiary/aromatic N) is 2. The Balaban J connectivity index is 2.62. The van der Waals surface area contributed by atoms with Gasteiger partial charge in [-0.1, -0.05) is 26.7 Å². The van der Waals surface area contributed by atoms with Crippen molar-refractivity contribution in [1.29, 1.82) is 0 Å². The molecular formula is C13H25N3S. The molecule has 1 heterocycles. The molecule has 0 fully saturated rings. The van der Waals surface area contributed by atoms with Crippen molar-refractivity contribution in [3.8, 4) is 0 Å². The molecule has 1 aromatic heterocycles. The molecule has 0 amide bonds. The Morgan fingerprint density at radius 2 is 2.06 bits per heavy atom. The molecular weight excluding hydrogens is 230 g/mol. The number of rotatable bonds is 7. The Bertz CT molecular complexity index is 320. The maximum absolute atomic E-state index is 5.93. The normalized spacial score (nSPS) is 13.6. The minimum absolute atomic E-state index is 0.465. The van der Waals surface area contributed by atoms with E-state index in [9.17, 15) is 0 Å². The number of hydrogen-bond donors (Lipinski definition) is 1. The van der Waals surface area contributed by atoms with Crippen molar-refractivity contribution in [2.75, 3.05) is 13.6 Å². The quantitative estimate of drug-likeness (QED) is 0.814. The summed E-state index contributed by atoms with van der Waals surface area (Å²) < 4.78 is 0. The third-order valence-electron chi connectivity index (χ3n) is 3.48. The Labute approximate surface area is 109 Å². The van der Waals surface area contributed by atoms with Crippen LogP contribution in [0, 0.1) is 12.8 Å². The molecule has 0 radical (unpaired) electrons. The van der Waals surface area contributed by atoms with Crippen LogP contribution >= 0.6 is 11.3 Å². The van der Waals surface area contributed by atoms with E-state index >= 15 is 0 Å². The molecule has 0 aliphatic carbocycles. The van der Waals surface area contributed by atoms with Gasteiger partial charge in [-0.3, -0.25) is 4.90 Å². The number of thiazole rings is 1.